The molecule has 0 amide bonds. The first-order valence-corrected chi connectivity index (χ1v) is 13.1. The van der Waals surface area contributed by atoms with Gasteiger partial charge < -0.3 is 14.2 Å². The fourth-order valence-electron chi connectivity index (χ4n) is 4.19. The van der Waals surface area contributed by atoms with Crippen molar-refractivity contribution in [1.29, 1.82) is 0 Å². The molecule has 0 aliphatic carbocycles. The second kappa shape index (κ2) is 10.8. The molecule has 0 N–H and O–H groups in total. The van der Waals surface area contributed by atoms with Crippen LogP contribution in [0.3, 0.4) is 0 Å². The summed E-state index contributed by atoms with van der Waals surface area (Å²) < 4.78 is 16.8. The van der Waals surface area contributed by atoms with Crippen LogP contribution in [-0.2, 0) is 9.53 Å². The lowest BCUT2D eigenvalue weighted by molar-refractivity contribution is -0.148. The Morgan fingerprint density at radius 1 is 1.00 bits per heavy atom. The second-order valence-corrected chi connectivity index (χ2v) is 15.5. The monoisotopic (exact) mass is 432 g/mol. The standard InChI is InChI=1S/C25H40O4Si/c1-18(2)30(19(3)4,20(5)6)16-15-28-23-13-12-22(27-10)17-21(23)11-14-24(26)29-25(7,8)9/h11-20H,1-10H3/b14-11+,16-15-. The minimum absolute atomic E-state index is 0.391. The van der Waals surface area contributed by atoms with Gasteiger partial charge in [-0.1, -0.05) is 47.2 Å². The molecule has 0 aliphatic rings. The summed E-state index contributed by atoms with van der Waals surface area (Å²) in [5.74, 6) is 0.981. The number of carbonyl (C=O) groups is 1. The van der Waals surface area contributed by atoms with Crippen LogP contribution in [0.1, 0.15) is 67.9 Å². The zero-order chi connectivity index (χ0) is 23.1. The highest BCUT2D eigenvalue weighted by atomic mass is 28.3. The van der Waals surface area contributed by atoms with Crippen LogP contribution in [0, 0.1) is 0 Å². The summed E-state index contributed by atoms with van der Waals surface area (Å²) in [5, 5.41) is 0. The molecule has 0 radical (unpaired) electrons. The van der Waals surface area contributed by atoms with Crippen LogP contribution in [0.15, 0.2) is 36.2 Å². The average Bonchev–Trinajstić information content (AvgIpc) is 2.61. The lowest BCUT2D eigenvalue weighted by Crippen LogP contribution is -2.42. The predicted molar refractivity (Wildman–Crippen MR) is 129 cm³/mol. The molecule has 1 rings (SSSR count). The van der Waals surface area contributed by atoms with E-state index < -0.39 is 19.6 Å². The Labute approximate surface area is 184 Å². The highest BCUT2D eigenvalue weighted by molar-refractivity contribution is 6.87. The van der Waals surface area contributed by atoms with Crippen molar-refractivity contribution in [3.8, 4) is 11.5 Å². The number of hydrogen-bond donors (Lipinski definition) is 0. The highest BCUT2D eigenvalue weighted by Gasteiger charge is 2.40. The molecular formula is C25H40O4Si. The summed E-state index contributed by atoms with van der Waals surface area (Å²) in [5.41, 5.74) is 4.39. The van der Waals surface area contributed by atoms with Gasteiger partial charge in [0.05, 0.1) is 21.4 Å². The Bertz CT molecular complexity index is 733. The number of ether oxygens (including phenoxy) is 3. The molecule has 0 aliphatic heterocycles. The van der Waals surface area contributed by atoms with E-state index >= 15 is 0 Å². The molecule has 0 saturated carbocycles. The van der Waals surface area contributed by atoms with Gasteiger partial charge in [-0.15, -0.1) is 0 Å². The Balaban J connectivity index is 3.18. The van der Waals surface area contributed by atoms with E-state index in [1.807, 2.05) is 45.2 Å². The number of hydrogen-bond acceptors (Lipinski definition) is 4. The van der Waals surface area contributed by atoms with Crippen LogP contribution in [0.25, 0.3) is 6.08 Å². The molecule has 5 heteroatoms. The topological polar surface area (TPSA) is 44.8 Å². The van der Waals surface area contributed by atoms with Crippen LogP contribution >= 0.6 is 0 Å². The first-order chi connectivity index (χ1) is 13.8. The smallest absolute Gasteiger partial charge is 0.331 e. The Kier molecular flexibility index (Phi) is 9.41. The van der Waals surface area contributed by atoms with Gasteiger partial charge in [-0.05, 0) is 61.7 Å². The van der Waals surface area contributed by atoms with Gasteiger partial charge in [0.25, 0.3) is 0 Å². The fraction of sp³-hybridized carbons (Fsp3) is 0.560. The van der Waals surface area contributed by atoms with Gasteiger partial charge in [0.2, 0.25) is 0 Å². The highest BCUT2D eigenvalue weighted by Crippen LogP contribution is 2.42. The maximum absolute atomic E-state index is 12.1. The van der Waals surface area contributed by atoms with Crippen molar-refractivity contribution in [3.05, 3.63) is 41.8 Å². The van der Waals surface area contributed by atoms with Gasteiger partial charge in [-0.2, -0.15) is 0 Å². The molecular weight excluding hydrogens is 392 g/mol. The van der Waals surface area contributed by atoms with Crippen LogP contribution in [0.2, 0.25) is 16.6 Å². The molecule has 30 heavy (non-hydrogen) atoms. The predicted octanol–water partition coefficient (Wildman–Crippen LogP) is 7.16. The minimum Gasteiger partial charge on any atom is -0.497 e. The summed E-state index contributed by atoms with van der Waals surface area (Å²) in [6, 6.07) is 5.56. The molecule has 0 atom stereocenters. The number of methoxy groups -OCH3 is 1. The third-order valence-corrected chi connectivity index (χ3v) is 12.3. The normalized spacial score (nSPS) is 13.1. The van der Waals surface area contributed by atoms with Crippen LogP contribution in [0.5, 0.6) is 11.5 Å². The Hall–Kier alpha value is -2.01. The molecule has 0 saturated heterocycles. The average molecular weight is 433 g/mol. The Morgan fingerprint density at radius 2 is 1.57 bits per heavy atom. The minimum atomic E-state index is -1.70. The summed E-state index contributed by atoms with van der Waals surface area (Å²) in [4.78, 5) is 12.1. The third-order valence-electron chi connectivity index (χ3n) is 5.57. The summed E-state index contributed by atoms with van der Waals surface area (Å²) in [7, 11) is -0.0861. The zero-order valence-corrected chi connectivity index (χ0v) is 21.4. The van der Waals surface area contributed by atoms with Crippen molar-refractivity contribution in [1.82, 2.24) is 0 Å². The van der Waals surface area contributed by atoms with E-state index in [0.717, 1.165) is 5.56 Å². The molecule has 1 aromatic carbocycles. The number of esters is 1. The molecule has 0 aromatic heterocycles. The van der Waals surface area contributed by atoms with Gasteiger partial charge >= 0.3 is 5.97 Å². The molecule has 0 heterocycles. The first-order valence-electron chi connectivity index (χ1n) is 10.8. The van der Waals surface area contributed by atoms with E-state index in [1.54, 1.807) is 13.2 Å². The molecule has 0 fully saturated rings. The first kappa shape index (κ1) is 26.0. The van der Waals surface area contributed by atoms with E-state index in [9.17, 15) is 4.79 Å². The molecule has 0 unspecified atom stereocenters. The van der Waals surface area contributed by atoms with Crippen molar-refractivity contribution < 1.29 is 19.0 Å². The van der Waals surface area contributed by atoms with Gasteiger partial charge in [0.15, 0.2) is 0 Å². The second-order valence-electron chi connectivity index (χ2n) is 9.66. The zero-order valence-electron chi connectivity index (χ0n) is 20.4. The lowest BCUT2D eigenvalue weighted by atomic mass is 10.1. The number of benzene rings is 1. The number of rotatable bonds is 9. The molecule has 0 spiro atoms. The van der Waals surface area contributed by atoms with Crippen molar-refractivity contribution in [2.24, 2.45) is 0 Å². The maximum atomic E-state index is 12.1. The summed E-state index contributed by atoms with van der Waals surface area (Å²) >= 11 is 0. The molecule has 168 valence electrons. The fourth-order valence-corrected chi connectivity index (χ4v) is 9.65. The lowest BCUT2D eigenvalue weighted by Gasteiger charge is -2.40. The van der Waals surface area contributed by atoms with Crippen LogP contribution < -0.4 is 9.47 Å². The van der Waals surface area contributed by atoms with E-state index in [-0.39, 0.29) is 0 Å². The quantitative estimate of drug-likeness (QED) is 0.180. The largest absolute Gasteiger partial charge is 0.497 e. The SMILES string of the molecule is COc1ccc(O/C=C\[Si](C(C)C)(C(C)C)C(C)C)c(/C=C/C(=O)OC(C)(C)C)c1. The summed E-state index contributed by atoms with van der Waals surface area (Å²) in [6.45, 7) is 19.4. The van der Waals surface area contributed by atoms with E-state index in [0.29, 0.717) is 28.1 Å². The van der Waals surface area contributed by atoms with Gasteiger partial charge in [-0.3, -0.25) is 0 Å². The number of carbonyl (C=O) groups excluding carboxylic acids is 1. The van der Waals surface area contributed by atoms with Crippen molar-refractivity contribution in [3.63, 3.8) is 0 Å². The van der Waals surface area contributed by atoms with Gasteiger partial charge in [-0.25, -0.2) is 4.79 Å². The van der Waals surface area contributed by atoms with E-state index in [1.165, 1.54) is 6.08 Å². The van der Waals surface area contributed by atoms with Gasteiger partial charge in [0, 0.05) is 11.6 Å². The van der Waals surface area contributed by atoms with E-state index in [2.05, 4.69) is 47.2 Å². The van der Waals surface area contributed by atoms with Crippen molar-refractivity contribution in [2.75, 3.05) is 7.11 Å². The van der Waals surface area contributed by atoms with Crippen LogP contribution in [0.4, 0.5) is 0 Å². The van der Waals surface area contributed by atoms with Gasteiger partial charge in [0.1, 0.15) is 17.1 Å². The van der Waals surface area contributed by atoms with Crippen LogP contribution in [-0.4, -0.2) is 26.8 Å². The molecule has 4 nitrogen and oxygen atoms in total. The summed E-state index contributed by atoms with van der Waals surface area (Å²) in [6.07, 6.45) is 4.97. The molecule has 0 bridgehead atoms. The van der Waals surface area contributed by atoms with Crippen molar-refractivity contribution >= 4 is 20.1 Å². The van der Waals surface area contributed by atoms with E-state index in [4.69, 9.17) is 14.2 Å². The Morgan fingerprint density at radius 3 is 2.03 bits per heavy atom. The van der Waals surface area contributed by atoms with Crippen molar-refractivity contribution in [2.45, 2.75) is 84.5 Å². The molecule has 1 aromatic rings. The maximum Gasteiger partial charge on any atom is 0.331 e. The third kappa shape index (κ3) is 7.05.